The van der Waals surface area contributed by atoms with E-state index in [1.165, 1.54) is 12.5 Å². The van der Waals surface area contributed by atoms with Crippen LogP contribution in [0.4, 0.5) is 0 Å². The zero-order valence-electron chi connectivity index (χ0n) is 12.0. The Hall–Kier alpha value is -2.29. The molecule has 0 aliphatic rings. The molecule has 104 valence electrons. The normalized spacial score (nSPS) is 10.2. The summed E-state index contributed by atoms with van der Waals surface area (Å²) in [6, 6.07) is 13.9. The Labute approximate surface area is 119 Å². The van der Waals surface area contributed by atoms with Crippen LogP contribution in [0.15, 0.2) is 42.5 Å². The van der Waals surface area contributed by atoms with Crippen LogP contribution in [0.25, 0.3) is 0 Å². The molecule has 0 spiro atoms. The largest absolute Gasteiger partial charge is 0.493 e. The minimum absolute atomic E-state index is 0.0324. The molecule has 0 amide bonds. The number of rotatable bonds is 5. The predicted octanol–water partition coefficient (Wildman–Crippen LogP) is 3.50. The van der Waals surface area contributed by atoms with Crippen molar-refractivity contribution in [2.45, 2.75) is 13.3 Å². The van der Waals surface area contributed by atoms with E-state index in [4.69, 9.17) is 9.47 Å². The SMILES string of the molecule is COc1cc(Cc2ccccc2)cc(C(C)=O)c1OC. The van der Waals surface area contributed by atoms with Crippen molar-refractivity contribution in [1.29, 1.82) is 0 Å². The Bertz CT molecular complexity index is 603. The van der Waals surface area contributed by atoms with Gasteiger partial charge in [-0.05, 0) is 36.6 Å². The van der Waals surface area contributed by atoms with E-state index in [0.717, 1.165) is 12.0 Å². The fourth-order valence-corrected chi connectivity index (χ4v) is 2.22. The number of benzene rings is 2. The molecular formula is C17H18O3. The summed E-state index contributed by atoms with van der Waals surface area (Å²) in [5.74, 6) is 1.05. The highest BCUT2D eigenvalue weighted by atomic mass is 16.5. The molecule has 2 aromatic rings. The molecule has 0 unspecified atom stereocenters. The second kappa shape index (κ2) is 6.24. The average molecular weight is 270 g/mol. The number of methoxy groups -OCH3 is 2. The van der Waals surface area contributed by atoms with Crippen LogP contribution in [0.5, 0.6) is 11.5 Å². The number of carbonyl (C=O) groups is 1. The van der Waals surface area contributed by atoms with Gasteiger partial charge in [-0.2, -0.15) is 0 Å². The molecule has 0 aromatic heterocycles. The summed E-state index contributed by atoms with van der Waals surface area (Å²) in [5, 5.41) is 0. The van der Waals surface area contributed by atoms with E-state index in [1.54, 1.807) is 14.2 Å². The van der Waals surface area contributed by atoms with Crippen molar-refractivity contribution in [3.05, 3.63) is 59.2 Å². The zero-order valence-corrected chi connectivity index (χ0v) is 12.0. The van der Waals surface area contributed by atoms with Gasteiger partial charge in [0.25, 0.3) is 0 Å². The summed E-state index contributed by atoms with van der Waals surface area (Å²) in [5.41, 5.74) is 2.77. The highest BCUT2D eigenvalue weighted by molar-refractivity contribution is 5.98. The molecule has 0 saturated carbocycles. The number of ether oxygens (including phenoxy) is 2. The number of Topliss-reactive ketones (excluding diaryl/α,β-unsaturated/α-hetero) is 1. The lowest BCUT2D eigenvalue weighted by atomic mass is 10.00. The Kier molecular flexibility index (Phi) is 4.41. The maximum atomic E-state index is 11.8. The molecule has 3 heteroatoms. The van der Waals surface area contributed by atoms with Gasteiger partial charge in [-0.1, -0.05) is 30.3 Å². The van der Waals surface area contributed by atoms with Gasteiger partial charge in [-0.3, -0.25) is 4.79 Å². The van der Waals surface area contributed by atoms with Gasteiger partial charge in [-0.15, -0.1) is 0 Å². The lowest BCUT2D eigenvalue weighted by Gasteiger charge is -2.13. The molecule has 0 saturated heterocycles. The zero-order chi connectivity index (χ0) is 14.5. The summed E-state index contributed by atoms with van der Waals surface area (Å²) in [7, 11) is 3.12. The van der Waals surface area contributed by atoms with Gasteiger partial charge in [0, 0.05) is 0 Å². The molecule has 2 aromatic carbocycles. The molecule has 3 nitrogen and oxygen atoms in total. The summed E-state index contributed by atoms with van der Waals surface area (Å²) < 4.78 is 10.6. The van der Waals surface area contributed by atoms with E-state index in [2.05, 4.69) is 12.1 Å². The van der Waals surface area contributed by atoms with Crippen LogP contribution in [0, 0.1) is 0 Å². The van der Waals surface area contributed by atoms with Crippen molar-refractivity contribution in [1.82, 2.24) is 0 Å². The smallest absolute Gasteiger partial charge is 0.171 e. The Balaban J connectivity index is 2.44. The molecule has 0 N–H and O–H groups in total. The van der Waals surface area contributed by atoms with E-state index < -0.39 is 0 Å². The van der Waals surface area contributed by atoms with Crippen molar-refractivity contribution in [2.75, 3.05) is 14.2 Å². The lowest BCUT2D eigenvalue weighted by Crippen LogP contribution is -2.02. The molecule has 20 heavy (non-hydrogen) atoms. The first-order valence-electron chi connectivity index (χ1n) is 6.45. The van der Waals surface area contributed by atoms with Crippen molar-refractivity contribution >= 4 is 5.78 Å². The van der Waals surface area contributed by atoms with Crippen LogP contribution >= 0.6 is 0 Å². The van der Waals surface area contributed by atoms with Crippen LogP contribution in [0.1, 0.15) is 28.4 Å². The minimum atomic E-state index is -0.0324. The summed E-state index contributed by atoms with van der Waals surface area (Å²) in [4.78, 5) is 11.8. The fourth-order valence-electron chi connectivity index (χ4n) is 2.22. The number of hydrogen-bond acceptors (Lipinski definition) is 3. The first-order chi connectivity index (χ1) is 9.65. The van der Waals surface area contributed by atoms with Gasteiger partial charge in [-0.25, -0.2) is 0 Å². The number of carbonyl (C=O) groups excluding carboxylic acids is 1. The second-order valence-corrected chi connectivity index (χ2v) is 4.60. The Morgan fingerprint density at radius 1 is 1.00 bits per heavy atom. The third kappa shape index (κ3) is 2.99. The maximum absolute atomic E-state index is 11.8. The monoisotopic (exact) mass is 270 g/mol. The van der Waals surface area contributed by atoms with Gasteiger partial charge >= 0.3 is 0 Å². The quantitative estimate of drug-likeness (QED) is 0.780. The van der Waals surface area contributed by atoms with Crippen molar-refractivity contribution < 1.29 is 14.3 Å². The van der Waals surface area contributed by atoms with E-state index in [0.29, 0.717) is 17.1 Å². The van der Waals surface area contributed by atoms with Crippen LogP contribution < -0.4 is 9.47 Å². The molecule has 0 aliphatic carbocycles. The van der Waals surface area contributed by atoms with Gasteiger partial charge < -0.3 is 9.47 Å². The molecule has 2 rings (SSSR count). The molecule has 0 radical (unpaired) electrons. The van der Waals surface area contributed by atoms with Gasteiger partial charge in [0.15, 0.2) is 17.3 Å². The summed E-state index contributed by atoms with van der Waals surface area (Å²) in [6.45, 7) is 1.53. The second-order valence-electron chi connectivity index (χ2n) is 4.60. The maximum Gasteiger partial charge on any atom is 0.171 e. The van der Waals surface area contributed by atoms with Gasteiger partial charge in [0.1, 0.15) is 0 Å². The van der Waals surface area contributed by atoms with E-state index >= 15 is 0 Å². The lowest BCUT2D eigenvalue weighted by molar-refractivity contribution is 0.101. The minimum Gasteiger partial charge on any atom is -0.493 e. The van der Waals surface area contributed by atoms with Gasteiger partial charge in [0.05, 0.1) is 19.8 Å². The summed E-state index contributed by atoms with van der Waals surface area (Å²) >= 11 is 0. The van der Waals surface area contributed by atoms with Crippen LogP contribution in [0.2, 0.25) is 0 Å². The molecular weight excluding hydrogens is 252 g/mol. The topological polar surface area (TPSA) is 35.5 Å². The van der Waals surface area contributed by atoms with Crippen LogP contribution in [0.3, 0.4) is 0 Å². The highest BCUT2D eigenvalue weighted by Gasteiger charge is 2.15. The number of ketones is 1. The third-order valence-electron chi connectivity index (χ3n) is 3.17. The average Bonchev–Trinajstić information content (AvgIpc) is 2.47. The van der Waals surface area contributed by atoms with Crippen molar-refractivity contribution in [3.63, 3.8) is 0 Å². The number of hydrogen-bond donors (Lipinski definition) is 0. The van der Waals surface area contributed by atoms with E-state index in [-0.39, 0.29) is 5.78 Å². The first kappa shape index (κ1) is 14.1. The molecule has 0 aliphatic heterocycles. The van der Waals surface area contributed by atoms with Crippen LogP contribution in [-0.2, 0) is 6.42 Å². The molecule has 0 bridgehead atoms. The van der Waals surface area contributed by atoms with Crippen molar-refractivity contribution in [3.8, 4) is 11.5 Å². The molecule has 0 atom stereocenters. The fraction of sp³-hybridized carbons (Fsp3) is 0.235. The van der Waals surface area contributed by atoms with Crippen molar-refractivity contribution in [2.24, 2.45) is 0 Å². The predicted molar refractivity (Wildman–Crippen MR) is 78.8 cm³/mol. The van der Waals surface area contributed by atoms with E-state index in [1.807, 2.05) is 30.3 Å². The standard InChI is InChI=1S/C17H18O3/c1-12(18)15-10-14(9-13-7-5-4-6-8-13)11-16(19-2)17(15)20-3/h4-8,10-11H,9H2,1-3H3. The molecule has 0 fully saturated rings. The third-order valence-corrected chi connectivity index (χ3v) is 3.17. The summed E-state index contributed by atoms with van der Waals surface area (Å²) in [6.07, 6.45) is 0.751. The Morgan fingerprint density at radius 2 is 1.70 bits per heavy atom. The first-order valence-corrected chi connectivity index (χ1v) is 6.45. The van der Waals surface area contributed by atoms with Gasteiger partial charge in [0.2, 0.25) is 0 Å². The van der Waals surface area contributed by atoms with E-state index in [9.17, 15) is 4.79 Å². The van der Waals surface area contributed by atoms with Crippen LogP contribution in [-0.4, -0.2) is 20.0 Å². The molecule has 0 heterocycles. The Morgan fingerprint density at radius 3 is 2.25 bits per heavy atom. The highest BCUT2D eigenvalue weighted by Crippen LogP contribution is 2.33.